The van der Waals surface area contributed by atoms with Gasteiger partial charge in [-0.1, -0.05) is 29.3 Å². The lowest BCUT2D eigenvalue weighted by Gasteiger charge is -2.10. The van der Waals surface area contributed by atoms with Gasteiger partial charge in [-0.3, -0.25) is 4.79 Å². The van der Waals surface area contributed by atoms with Gasteiger partial charge in [0.25, 0.3) is 0 Å². The Labute approximate surface area is 162 Å². The third-order valence-electron chi connectivity index (χ3n) is 3.51. The van der Waals surface area contributed by atoms with Gasteiger partial charge in [-0.05, 0) is 41.1 Å². The second-order valence-electron chi connectivity index (χ2n) is 5.38. The number of ether oxygens (including phenoxy) is 2. The molecule has 0 fully saturated rings. The molecule has 0 atom stereocenters. The topological polar surface area (TPSA) is 48.7 Å². The van der Waals surface area contributed by atoms with Crippen LogP contribution in [0.2, 0.25) is 10.0 Å². The number of hydrogen-bond acceptors (Lipinski definition) is 4. The summed E-state index contributed by atoms with van der Waals surface area (Å²) in [6.45, 7) is 3.36. The van der Waals surface area contributed by atoms with E-state index in [1.54, 1.807) is 31.2 Å². The van der Waals surface area contributed by atoms with Crippen molar-refractivity contribution in [1.82, 2.24) is 0 Å². The van der Waals surface area contributed by atoms with Crippen LogP contribution in [0.5, 0.6) is 11.5 Å². The van der Waals surface area contributed by atoms with E-state index in [1.165, 1.54) is 6.92 Å². The van der Waals surface area contributed by atoms with Crippen LogP contribution in [0.1, 0.15) is 18.2 Å². The number of carbonyl (C=O) groups is 1. The van der Waals surface area contributed by atoms with Gasteiger partial charge in [0.2, 0.25) is 0 Å². The Morgan fingerprint density at radius 1 is 1.24 bits per heavy atom. The molecule has 0 spiro atoms. The van der Waals surface area contributed by atoms with Crippen molar-refractivity contribution in [3.63, 3.8) is 0 Å². The van der Waals surface area contributed by atoms with Crippen LogP contribution in [0.4, 0.5) is 0 Å². The summed E-state index contributed by atoms with van der Waals surface area (Å²) in [5, 5.41) is 1.80. The maximum absolute atomic E-state index is 11.3. The molecule has 2 aromatic carbocycles. The first-order valence-corrected chi connectivity index (χ1v) is 8.88. The summed E-state index contributed by atoms with van der Waals surface area (Å²) in [6.07, 6.45) is 0. The molecule has 0 saturated heterocycles. The van der Waals surface area contributed by atoms with Crippen LogP contribution in [0.25, 0.3) is 11.0 Å². The molecule has 0 bridgehead atoms. The number of benzene rings is 2. The lowest BCUT2D eigenvalue weighted by Crippen LogP contribution is -2.01. The molecule has 130 valence electrons. The number of fused-ring (bicyclic) bond motifs is 1. The van der Waals surface area contributed by atoms with Crippen LogP contribution >= 0.6 is 39.1 Å². The van der Waals surface area contributed by atoms with Gasteiger partial charge in [0.15, 0.2) is 5.75 Å². The summed E-state index contributed by atoms with van der Waals surface area (Å²) < 4.78 is 17.4. The summed E-state index contributed by atoms with van der Waals surface area (Å²) in [6, 6.07) is 8.77. The number of furan rings is 1. The predicted octanol–water partition coefficient (Wildman–Crippen LogP) is 6.31. The SMILES string of the molecule is CC(=O)Oc1c(C)oc2cc(OCc3ccc(Cl)cc3Cl)c(Br)cc12. The maximum Gasteiger partial charge on any atom is 0.308 e. The molecule has 25 heavy (non-hydrogen) atoms. The van der Waals surface area contributed by atoms with E-state index < -0.39 is 5.97 Å². The zero-order valence-electron chi connectivity index (χ0n) is 13.4. The second-order valence-corrected chi connectivity index (χ2v) is 7.08. The van der Waals surface area contributed by atoms with Crippen molar-refractivity contribution >= 4 is 56.1 Å². The van der Waals surface area contributed by atoms with Gasteiger partial charge in [-0.15, -0.1) is 0 Å². The number of aryl methyl sites for hydroxylation is 1. The van der Waals surface area contributed by atoms with E-state index in [0.717, 1.165) is 5.56 Å². The molecular formula is C18H13BrCl2O4. The number of carbonyl (C=O) groups excluding carboxylic acids is 1. The smallest absolute Gasteiger partial charge is 0.308 e. The van der Waals surface area contributed by atoms with E-state index in [1.807, 2.05) is 6.07 Å². The maximum atomic E-state index is 11.3. The quantitative estimate of drug-likeness (QED) is 0.443. The number of hydrogen-bond donors (Lipinski definition) is 0. The number of rotatable bonds is 4. The summed E-state index contributed by atoms with van der Waals surface area (Å²) in [7, 11) is 0. The zero-order chi connectivity index (χ0) is 18.1. The van der Waals surface area contributed by atoms with Gasteiger partial charge in [-0.25, -0.2) is 0 Å². The molecule has 0 N–H and O–H groups in total. The zero-order valence-corrected chi connectivity index (χ0v) is 16.5. The molecule has 1 aromatic heterocycles. The van der Waals surface area contributed by atoms with Crippen LogP contribution in [-0.2, 0) is 11.4 Å². The molecule has 0 radical (unpaired) electrons. The first-order valence-electron chi connectivity index (χ1n) is 7.33. The Bertz CT molecular complexity index is 965. The van der Waals surface area contributed by atoms with Crippen molar-refractivity contribution in [3.8, 4) is 11.5 Å². The Balaban J connectivity index is 1.89. The highest BCUT2D eigenvalue weighted by Crippen LogP contribution is 2.39. The summed E-state index contributed by atoms with van der Waals surface area (Å²) >= 11 is 15.5. The van der Waals surface area contributed by atoms with E-state index in [4.69, 9.17) is 37.1 Å². The molecule has 1 heterocycles. The molecule has 4 nitrogen and oxygen atoms in total. The van der Waals surface area contributed by atoms with E-state index >= 15 is 0 Å². The Morgan fingerprint density at radius 2 is 2.00 bits per heavy atom. The molecule has 0 unspecified atom stereocenters. The fourth-order valence-electron chi connectivity index (χ4n) is 2.37. The summed E-state index contributed by atoms with van der Waals surface area (Å²) in [5.74, 6) is 1.12. The standard InChI is InChI=1S/C18H13BrCl2O4/c1-9-18(25-10(2)22)13-6-14(19)17(7-16(13)24-9)23-8-11-3-4-12(20)5-15(11)21/h3-7H,8H2,1-2H3. The average molecular weight is 444 g/mol. The predicted molar refractivity (Wildman–Crippen MR) is 101 cm³/mol. The van der Waals surface area contributed by atoms with Crippen molar-refractivity contribution in [2.75, 3.05) is 0 Å². The van der Waals surface area contributed by atoms with Crippen molar-refractivity contribution in [3.05, 3.63) is 56.2 Å². The normalized spacial score (nSPS) is 10.9. The summed E-state index contributed by atoms with van der Waals surface area (Å²) in [4.78, 5) is 11.3. The molecule has 0 aliphatic rings. The van der Waals surface area contributed by atoms with Gasteiger partial charge in [0, 0.05) is 28.6 Å². The van der Waals surface area contributed by atoms with E-state index in [9.17, 15) is 4.79 Å². The number of halogens is 3. The minimum atomic E-state index is -0.403. The van der Waals surface area contributed by atoms with Crippen LogP contribution in [0.3, 0.4) is 0 Å². The number of esters is 1. The van der Waals surface area contributed by atoms with Gasteiger partial charge in [-0.2, -0.15) is 0 Å². The Kier molecular flexibility index (Phi) is 5.27. The van der Waals surface area contributed by atoms with Crippen molar-refractivity contribution in [2.24, 2.45) is 0 Å². The molecule has 0 aliphatic heterocycles. The Morgan fingerprint density at radius 3 is 2.68 bits per heavy atom. The van der Waals surface area contributed by atoms with E-state index in [2.05, 4.69) is 15.9 Å². The lowest BCUT2D eigenvalue weighted by molar-refractivity contribution is -0.131. The molecule has 0 aliphatic carbocycles. The van der Waals surface area contributed by atoms with Gasteiger partial charge >= 0.3 is 5.97 Å². The highest BCUT2D eigenvalue weighted by atomic mass is 79.9. The van der Waals surface area contributed by atoms with E-state index in [0.29, 0.717) is 42.7 Å². The highest BCUT2D eigenvalue weighted by Gasteiger charge is 2.17. The minimum absolute atomic E-state index is 0.274. The van der Waals surface area contributed by atoms with Crippen LogP contribution in [0.15, 0.2) is 39.2 Å². The van der Waals surface area contributed by atoms with Crippen molar-refractivity contribution < 1.29 is 18.7 Å². The molecule has 0 saturated carbocycles. The average Bonchev–Trinajstić information content (AvgIpc) is 2.81. The monoisotopic (exact) mass is 442 g/mol. The molecule has 0 amide bonds. The highest BCUT2D eigenvalue weighted by molar-refractivity contribution is 9.10. The largest absolute Gasteiger partial charge is 0.488 e. The van der Waals surface area contributed by atoms with E-state index in [-0.39, 0.29) is 6.61 Å². The van der Waals surface area contributed by atoms with Crippen molar-refractivity contribution in [2.45, 2.75) is 20.5 Å². The van der Waals surface area contributed by atoms with Gasteiger partial charge < -0.3 is 13.9 Å². The minimum Gasteiger partial charge on any atom is -0.488 e. The van der Waals surface area contributed by atoms with Crippen LogP contribution in [-0.4, -0.2) is 5.97 Å². The molecular weight excluding hydrogens is 431 g/mol. The third kappa shape index (κ3) is 3.94. The first kappa shape index (κ1) is 18.1. The van der Waals surface area contributed by atoms with Crippen LogP contribution < -0.4 is 9.47 Å². The first-order chi connectivity index (χ1) is 11.8. The van der Waals surface area contributed by atoms with Gasteiger partial charge in [0.05, 0.1) is 9.86 Å². The van der Waals surface area contributed by atoms with Crippen LogP contribution in [0, 0.1) is 6.92 Å². The molecule has 3 aromatic rings. The molecule has 7 heteroatoms. The lowest BCUT2D eigenvalue weighted by atomic mass is 10.2. The summed E-state index contributed by atoms with van der Waals surface area (Å²) in [5.41, 5.74) is 1.38. The fourth-order valence-corrected chi connectivity index (χ4v) is 3.29. The van der Waals surface area contributed by atoms with Crippen molar-refractivity contribution in [1.29, 1.82) is 0 Å². The third-order valence-corrected chi connectivity index (χ3v) is 4.71. The Hall–Kier alpha value is -1.69. The van der Waals surface area contributed by atoms with Gasteiger partial charge in [0.1, 0.15) is 23.7 Å². The fraction of sp³-hybridized carbons (Fsp3) is 0.167. The second kappa shape index (κ2) is 7.28. The molecule has 3 rings (SSSR count).